The van der Waals surface area contributed by atoms with Crippen LogP contribution in [-0.2, 0) is 10.8 Å². The molecule has 0 N–H and O–H groups in total. The van der Waals surface area contributed by atoms with Gasteiger partial charge < -0.3 is 14.4 Å². The van der Waals surface area contributed by atoms with Crippen molar-refractivity contribution in [3.05, 3.63) is 247 Å². The second kappa shape index (κ2) is 14.7. The van der Waals surface area contributed by atoms with E-state index < -0.39 is 0 Å². The summed E-state index contributed by atoms with van der Waals surface area (Å²) in [5, 5.41) is 4.84. The van der Waals surface area contributed by atoms with Gasteiger partial charge in [-0.25, -0.2) is 0 Å². The quantitative estimate of drug-likeness (QED) is 0.158. The van der Waals surface area contributed by atoms with Crippen LogP contribution in [-0.4, -0.2) is 4.57 Å². The Labute approximate surface area is 392 Å². The monoisotopic (exact) mass is 859 g/mol. The Balaban J connectivity index is 0.988. The maximum atomic E-state index is 2.46. The van der Waals surface area contributed by atoms with Gasteiger partial charge in [0.1, 0.15) is 0 Å². The van der Waals surface area contributed by atoms with Crippen molar-refractivity contribution in [2.24, 2.45) is 0 Å². The Bertz CT molecular complexity index is 3750. The number of hydrogen-bond donors (Lipinski definition) is 0. The summed E-state index contributed by atoms with van der Waals surface area (Å²) >= 11 is 0. The maximum Gasteiger partial charge on any atom is 0.0561 e. The summed E-state index contributed by atoms with van der Waals surface area (Å²) in [6.45, 7) is 9.39. The topological polar surface area (TPSA) is 11.4 Å². The molecule has 1 aromatic heterocycles. The van der Waals surface area contributed by atoms with E-state index in [4.69, 9.17) is 0 Å². The Morgan fingerprint density at radius 3 is 1.30 bits per heavy atom. The molecule has 0 spiro atoms. The molecule has 0 atom stereocenters. The van der Waals surface area contributed by atoms with Gasteiger partial charge in [0.25, 0.3) is 0 Å². The molecule has 2 aliphatic rings. The van der Waals surface area contributed by atoms with Gasteiger partial charge in [-0.15, -0.1) is 0 Å². The third-order valence-electron chi connectivity index (χ3n) is 14.9. The number of benzene rings is 10. The van der Waals surface area contributed by atoms with E-state index >= 15 is 0 Å². The van der Waals surface area contributed by atoms with E-state index in [0.717, 1.165) is 45.3 Å². The Hall–Kier alpha value is -8.14. The third kappa shape index (κ3) is 5.97. The predicted octanol–water partition coefficient (Wildman–Crippen LogP) is 17.5. The first-order chi connectivity index (χ1) is 32.7. The van der Waals surface area contributed by atoms with Crippen LogP contribution in [0.2, 0.25) is 0 Å². The number of rotatable bonds is 7. The minimum atomic E-state index is -0.0619. The van der Waals surface area contributed by atoms with Gasteiger partial charge in [0.05, 0.1) is 11.0 Å². The van der Waals surface area contributed by atoms with Crippen molar-refractivity contribution >= 4 is 66.7 Å². The Morgan fingerprint density at radius 2 is 0.731 bits per heavy atom. The lowest BCUT2D eigenvalue weighted by Gasteiger charge is -2.27. The normalized spacial score (nSPS) is 13.9. The second-order valence-corrected chi connectivity index (χ2v) is 19.4. The Morgan fingerprint density at radius 1 is 0.299 bits per heavy atom. The van der Waals surface area contributed by atoms with E-state index in [0.29, 0.717) is 0 Å². The highest BCUT2D eigenvalue weighted by molar-refractivity contribution is 6.15. The lowest BCUT2D eigenvalue weighted by Crippen LogP contribution is -2.15. The van der Waals surface area contributed by atoms with Crippen molar-refractivity contribution in [1.29, 1.82) is 0 Å². The van der Waals surface area contributed by atoms with Crippen molar-refractivity contribution in [3.8, 4) is 27.9 Å². The number of anilines is 6. The second-order valence-electron chi connectivity index (χ2n) is 19.4. The summed E-state index contributed by atoms with van der Waals surface area (Å²) in [6, 6.07) is 83.1. The van der Waals surface area contributed by atoms with Crippen molar-refractivity contribution in [1.82, 2.24) is 4.57 Å². The molecule has 0 aliphatic heterocycles. The zero-order valence-electron chi connectivity index (χ0n) is 38.2. The maximum absolute atomic E-state index is 2.46. The fraction of sp³-hybridized carbons (Fsp3) is 0.0938. The van der Waals surface area contributed by atoms with E-state index in [1.807, 2.05) is 0 Å². The summed E-state index contributed by atoms with van der Waals surface area (Å²) in [6.07, 6.45) is 0. The average molecular weight is 860 g/mol. The molecule has 0 radical (unpaired) electrons. The van der Waals surface area contributed by atoms with Crippen LogP contribution in [0.3, 0.4) is 0 Å². The highest BCUT2D eigenvalue weighted by Gasteiger charge is 2.37. The van der Waals surface area contributed by atoms with E-state index in [1.165, 1.54) is 71.6 Å². The molecule has 10 aromatic carbocycles. The lowest BCUT2D eigenvalue weighted by molar-refractivity contribution is 0.660. The SMILES string of the molecule is CC1(C)c2ccccc2-c2cc(N(c3ccccc3)c3ccc4cc5c6ccc(N(c7ccccc7)c7ccc8c(c7)-c7ccccc7C8(C)C)cc6n(-c6ccccc6)c5cc4c3)ccc21. The highest BCUT2D eigenvalue weighted by Crippen LogP contribution is 2.53. The van der Waals surface area contributed by atoms with Gasteiger partial charge in [-0.1, -0.05) is 155 Å². The zero-order chi connectivity index (χ0) is 45.0. The summed E-state index contributed by atoms with van der Waals surface area (Å²) in [4.78, 5) is 4.83. The first-order valence-electron chi connectivity index (χ1n) is 23.5. The molecule has 0 fully saturated rings. The zero-order valence-corrected chi connectivity index (χ0v) is 38.2. The minimum absolute atomic E-state index is 0.0555. The molecule has 13 rings (SSSR count). The molecule has 11 aromatic rings. The van der Waals surface area contributed by atoms with Gasteiger partial charge in [-0.3, -0.25) is 0 Å². The van der Waals surface area contributed by atoms with E-state index in [2.05, 4.69) is 267 Å². The van der Waals surface area contributed by atoms with Crippen LogP contribution >= 0.6 is 0 Å². The van der Waals surface area contributed by atoms with Crippen molar-refractivity contribution in [3.63, 3.8) is 0 Å². The molecule has 0 saturated heterocycles. The molecule has 0 bridgehead atoms. The van der Waals surface area contributed by atoms with Crippen LogP contribution < -0.4 is 9.80 Å². The van der Waals surface area contributed by atoms with Gasteiger partial charge in [0, 0.05) is 61.4 Å². The minimum Gasteiger partial charge on any atom is -0.310 e. The molecular formula is C64H49N3. The van der Waals surface area contributed by atoms with E-state index in [-0.39, 0.29) is 10.8 Å². The standard InChI is InChI=1S/C64H49N3/c1-63(2)57-26-16-14-24-51(57)54-39-48(31-34-59(54)63)65(44-18-8-5-9-19-44)47-29-28-42-37-56-53-33-30-50(41-62(53)67(46-22-12-7-13-23-46)61(56)38-43(42)36-47)66(45-20-10-6-11-21-45)49-32-35-60-55(40-49)52-25-15-17-27-58(52)64(60,3)4/h5-41H,1-4H3. The van der Waals surface area contributed by atoms with Gasteiger partial charge in [-0.05, 0) is 152 Å². The largest absolute Gasteiger partial charge is 0.310 e. The molecule has 2 aliphatic carbocycles. The van der Waals surface area contributed by atoms with Crippen LogP contribution in [0.15, 0.2) is 224 Å². The number of aromatic nitrogens is 1. The molecular weight excluding hydrogens is 811 g/mol. The fourth-order valence-electron chi connectivity index (χ4n) is 11.6. The van der Waals surface area contributed by atoms with Crippen molar-refractivity contribution < 1.29 is 0 Å². The number of nitrogens with zero attached hydrogens (tertiary/aromatic N) is 3. The molecule has 1 heterocycles. The molecule has 0 unspecified atom stereocenters. The average Bonchev–Trinajstić information content (AvgIpc) is 3.89. The molecule has 3 heteroatoms. The van der Waals surface area contributed by atoms with Gasteiger partial charge in [0.15, 0.2) is 0 Å². The van der Waals surface area contributed by atoms with Gasteiger partial charge in [0.2, 0.25) is 0 Å². The third-order valence-corrected chi connectivity index (χ3v) is 14.9. The van der Waals surface area contributed by atoms with Crippen LogP contribution in [0.1, 0.15) is 49.9 Å². The van der Waals surface area contributed by atoms with Crippen molar-refractivity contribution in [2.45, 2.75) is 38.5 Å². The fourth-order valence-corrected chi connectivity index (χ4v) is 11.6. The van der Waals surface area contributed by atoms with E-state index in [1.54, 1.807) is 0 Å². The van der Waals surface area contributed by atoms with E-state index in [9.17, 15) is 0 Å². The molecule has 3 nitrogen and oxygen atoms in total. The first-order valence-corrected chi connectivity index (χ1v) is 23.5. The smallest absolute Gasteiger partial charge is 0.0561 e. The van der Waals surface area contributed by atoms with Gasteiger partial charge >= 0.3 is 0 Å². The van der Waals surface area contributed by atoms with Crippen LogP contribution in [0.25, 0.3) is 60.5 Å². The summed E-state index contributed by atoms with van der Waals surface area (Å²) in [5.74, 6) is 0. The predicted molar refractivity (Wildman–Crippen MR) is 283 cm³/mol. The summed E-state index contributed by atoms with van der Waals surface area (Å²) in [7, 11) is 0. The van der Waals surface area contributed by atoms with Gasteiger partial charge in [-0.2, -0.15) is 0 Å². The van der Waals surface area contributed by atoms with Crippen LogP contribution in [0.5, 0.6) is 0 Å². The van der Waals surface area contributed by atoms with Crippen LogP contribution in [0, 0.1) is 0 Å². The summed E-state index contributed by atoms with van der Waals surface area (Å²) in [5.41, 5.74) is 20.9. The molecule has 320 valence electrons. The Kier molecular flexibility index (Phi) is 8.60. The van der Waals surface area contributed by atoms with Crippen molar-refractivity contribution in [2.75, 3.05) is 9.80 Å². The molecule has 0 saturated carbocycles. The lowest BCUT2D eigenvalue weighted by atomic mass is 9.82. The number of para-hydroxylation sites is 3. The van der Waals surface area contributed by atoms with Crippen LogP contribution in [0.4, 0.5) is 34.1 Å². The highest BCUT2D eigenvalue weighted by atomic mass is 15.1. The number of fused-ring (bicyclic) bond motifs is 10. The summed E-state index contributed by atoms with van der Waals surface area (Å²) < 4.78 is 2.46. The number of hydrogen-bond acceptors (Lipinski definition) is 2. The molecule has 67 heavy (non-hydrogen) atoms. The molecule has 0 amide bonds. The first kappa shape index (κ1) is 39.2.